The lowest BCUT2D eigenvalue weighted by Gasteiger charge is -2.29. The van der Waals surface area contributed by atoms with Gasteiger partial charge in [-0.1, -0.05) is 12.8 Å². The predicted octanol–water partition coefficient (Wildman–Crippen LogP) is 2.03. The van der Waals surface area contributed by atoms with Crippen molar-refractivity contribution in [2.24, 2.45) is 0 Å². The summed E-state index contributed by atoms with van der Waals surface area (Å²) in [6.07, 6.45) is 5.57. The Morgan fingerprint density at radius 3 is 2.21 bits per heavy atom. The Kier molecular flexibility index (Phi) is 5.83. The maximum Gasteiger partial charge on any atom is 0.0351 e. The average Bonchev–Trinajstić information content (AvgIpc) is 2.64. The van der Waals surface area contributed by atoms with Crippen molar-refractivity contribution in [3.63, 3.8) is 0 Å². The fourth-order valence-electron chi connectivity index (χ4n) is 2.18. The molecule has 0 heterocycles. The van der Waals surface area contributed by atoms with Gasteiger partial charge in [0.15, 0.2) is 0 Å². The Morgan fingerprint density at radius 2 is 1.71 bits per heavy atom. The first-order chi connectivity index (χ1) is 6.74. The molecule has 1 fully saturated rings. The second-order valence-electron chi connectivity index (χ2n) is 4.47. The van der Waals surface area contributed by atoms with E-state index in [0.717, 1.165) is 25.0 Å². The number of likely N-dealkylation sites (N-methyl/N-ethyl adjacent to an activating group) is 1. The number of hydrogen-bond donors (Lipinski definition) is 0. The van der Waals surface area contributed by atoms with E-state index in [-0.39, 0.29) is 0 Å². The quantitative estimate of drug-likeness (QED) is 0.630. The molecular weight excluding hydrogens is 196 g/mol. The SMILES string of the molecule is CN(C)CCN(CCCl)C1CCCC1. The molecule has 84 valence electrons. The van der Waals surface area contributed by atoms with Crippen molar-refractivity contribution in [2.75, 3.05) is 39.6 Å². The normalized spacial score (nSPS) is 18.6. The molecule has 3 heteroatoms. The van der Waals surface area contributed by atoms with Crippen LogP contribution in [0.2, 0.25) is 0 Å². The maximum atomic E-state index is 5.83. The van der Waals surface area contributed by atoms with E-state index in [1.807, 2.05) is 0 Å². The summed E-state index contributed by atoms with van der Waals surface area (Å²) in [7, 11) is 4.26. The minimum atomic E-state index is 0.768. The number of nitrogens with zero attached hydrogens (tertiary/aromatic N) is 2. The van der Waals surface area contributed by atoms with Crippen LogP contribution in [-0.2, 0) is 0 Å². The molecule has 2 nitrogen and oxygen atoms in total. The molecule has 1 rings (SSSR count). The third-order valence-corrected chi connectivity index (χ3v) is 3.22. The fourth-order valence-corrected chi connectivity index (χ4v) is 2.40. The van der Waals surface area contributed by atoms with Gasteiger partial charge in [0, 0.05) is 31.6 Å². The Morgan fingerprint density at radius 1 is 1.07 bits per heavy atom. The van der Waals surface area contributed by atoms with Crippen LogP contribution in [0.15, 0.2) is 0 Å². The van der Waals surface area contributed by atoms with Gasteiger partial charge in [-0.05, 0) is 26.9 Å². The third kappa shape index (κ3) is 4.16. The van der Waals surface area contributed by atoms with Crippen LogP contribution in [0.3, 0.4) is 0 Å². The Bertz CT molecular complexity index is 144. The Hall–Kier alpha value is 0.210. The summed E-state index contributed by atoms with van der Waals surface area (Å²) in [5, 5.41) is 0. The van der Waals surface area contributed by atoms with Crippen molar-refractivity contribution in [1.82, 2.24) is 9.80 Å². The number of alkyl halides is 1. The Labute approximate surface area is 93.2 Å². The second kappa shape index (κ2) is 6.65. The van der Waals surface area contributed by atoms with Crippen molar-refractivity contribution < 1.29 is 0 Å². The van der Waals surface area contributed by atoms with Gasteiger partial charge in [-0.25, -0.2) is 0 Å². The summed E-state index contributed by atoms with van der Waals surface area (Å²) in [6.45, 7) is 3.37. The van der Waals surface area contributed by atoms with Crippen LogP contribution >= 0.6 is 11.6 Å². The molecule has 0 spiro atoms. The molecule has 0 radical (unpaired) electrons. The third-order valence-electron chi connectivity index (χ3n) is 3.05. The van der Waals surface area contributed by atoms with Gasteiger partial charge >= 0.3 is 0 Å². The van der Waals surface area contributed by atoms with Gasteiger partial charge in [-0.15, -0.1) is 11.6 Å². The van der Waals surface area contributed by atoms with Crippen molar-refractivity contribution in [3.8, 4) is 0 Å². The van der Waals surface area contributed by atoms with E-state index in [2.05, 4.69) is 23.9 Å². The van der Waals surface area contributed by atoms with E-state index < -0.39 is 0 Å². The minimum absolute atomic E-state index is 0.768. The minimum Gasteiger partial charge on any atom is -0.308 e. The average molecular weight is 219 g/mol. The lowest BCUT2D eigenvalue weighted by Crippen LogP contribution is -2.39. The van der Waals surface area contributed by atoms with Gasteiger partial charge in [0.2, 0.25) is 0 Å². The topological polar surface area (TPSA) is 6.48 Å². The van der Waals surface area contributed by atoms with Gasteiger partial charge in [0.1, 0.15) is 0 Å². The molecule has 14 heavy (non-hydrogen) atoms. The van der Waals surface area contributed by atoms with Crippen LogP contribution in [0.4, 0.5) is 0 Å². The van der Waals surface area contributed by atoms with E-state index in [1.54, 1.807) is 0 Å². The van der Waals surface area contributed by atoms with Crippen LogP contribution in [0.5, 0.6) is 0 Å². The van der Waals surface area contributed by atoms with Crippen molar-refractivity contribution in [3.05, 3.63) is 0 Å². The smallest absolute Gasteiger partial charge is 0.0351 e. The molecule has 0 amide bonds. The van der Waals surface area contributed by atoms with E-state index in [0.29, 0.717) is 0 Å². The second-order valence-corrected chi connectivity index (χ2v) is 4.84. The molecule has 0 aromatic carbocycles. The highest BCUT2D eigenvalue weighted by Gasteiger charge is 2.21. The highest BCUT2D eigenvalue weighted by atomic mass is 35.5. The summed E-state index contributed by atoms with van der Waals surface area (Å²) in [4.78, 5) is 4.82. The first-order valence-corrected chi connectivity index (χ1v) is 6.22. The predicted molar refractivity (Wildman–Crippen MR) is 63.1 cm³/mol. The molecule has 1 aliphatic carbocycles. The first-order valence-electron chi connectivity index (χ1n) is 5.69. The van der Waals surface area contributed by atoms with Crippen molar-refractivity contribution >= 4 is 11.6 Å². The van der Waals surface area contributed by atoms with E-state index in [1.165, 1.54) is 32.2 Å². The van der Waals surface area contributed by atoms with Crippen LogP contribution in [0, 0.1) is 0 Å². The molecule has 1 saturated carbocycles. The van der Waals surface area contributed by atoms with Crippen LogP contribution in [0.25, 0.3) is 0 Å². The van der Waals surface area contributed by atoms with E-state index >= 15 is 0 Å². The largest absolute Gasteiger partial charge is 0.308 e. The highest BCUT2D eigenvalue weighted by Crippen LogP contribution is 2.23. The summed E-state index contributed by atoms with van der Waals surface area (Å²) in [5.41, 5.74) is 0. The first kappa shape index (κ1) is 12.3. The zero-order chi connectivity index (χ0) is 10.4. The van der Waals surface area contributed by atoms with Gasteiger partial charge in [0.05, 0.1) is 0 Å². The van der Waals surface area contributed by atoms with Crippen LogP contribution in [0.1, 0.15) is 25.7 Å². The number of rotatable bonds is 6. The number of hydrogen-bond acceptors (Lipinski definition) is 2. The number of halogens is 1. The summed E-state index contributed by atoms with van der Waals surface area (Å²) in [5.74, 6) is 0.768. The zero-order valence-corrected chi connectivity index (χ0v) is 10.3. The lowest BCUT2D eigenvalue weighted by molar-refractivity contribution is 0.190. The van der Waals surface area contributed by atoms with Crippen LogP contribution in [-0.4, -0.2) is 55.5 Å². The van der Waals surface area contributed by atoms with E-state index in [9.17, 15) is 0 Å². The van der Waals surface area contributed by atoms with Gasteiger partial charge in [-0.3, -0.25) is 4.90 Å². The summed E-state index contributed by atoms with van der Waals surface area (Å²) in [6, 6.07) is 0.814. The molecular formula is C11H23ClN2. The summed E-state index contributed by atoms with van der Waals surface area (Å²) < 4.78 is 0. The molecule has 0 aliphatic heterocycles. The van der Waals surface area contributed by atoms with Crippen LogP contribution < -0.4 is 0 Å². The molecule has 0 aromatic rings. The zero-order valence-electron chi connectivity index (χ0n) is 9.51. The van der Waals surface area contributed by atoms with Gasteiger partial charge in [-0.2, -0.15) is 0 Å². The summed E-state index contributed by atoms with van der Waals surface area (Å²) >= 11 is 5.83. The van der Waals surface area contributed by atoms with Gasteiger partial charge < -0.3 is 4.90 Å². The van der Waals surface area contributed by atoms with Gasteiger partial charge in [0.25, 0.3) is 0 Å². The molecule has 0 saturated heterocycles. The fraction of sp³-hybridized carbons (Fsp3) is 1.00. The van der Waals surface area contributed by atoms with E-state index in [4.69, 9.17) is 11.6 Å². The maximum absolute atomic E-state index is 5.83. The molecule has 1 aliphatic rings. The lowest BCUT2D eigenvalue weighted by atomic mass is 10.2. The molecule has 0 atom stereocenters. The van der Waals surface area contributed by atoms with Crippen molar-refractivity contribution in [2.45, 2.75) is 31.7 Å². The standard InChI is InChI=1S/C11H23ClN2/c1-13(2)9-10-14(8-7-12)11-5-3-4-6-11/h11H,3-10H2,1-2H3. The Balaban J connectivity index is 2.29. The molecule has 0 N–H and O–H groups in total. The molecule has 0 unspecified atom stereocenters. The monoisotopic (exact) mass is 218 g/mol. The van der Waals surface area contributed by atoms with Crippen molar-refractivity contribution in [1.29, 1.82) is 0 Å². The molecule has 0 aromatic heterocycles. The molecule has 0 bridgehead atoms. The highest BCUT2D eigenvalue weighted by molar-refractivity contribution is 6.18.